The Hall–Kier alpha value is -1.42. The Kier molecular flexibility index (Phi) is 5.10. The molecule has 4 heteroatoms. The third-order valence-electron chi connectivity index (χ3n) is 2.86. The van der Waals surface area contributed by atoms with Crippen LogP contribution in [0.25, 0.3) is 0 Å². The molecule has 1 aromatic rings. The number of rotatable bonds is 5. The molecule has 2 unspecified atom stereocenters. The van der Waals surface area contributed by atoms with Crippen LogP contribution in [-0.4, -0.2) is 16.9 Å². The molecule has 17 heavy (non-hydrogen) atoms. The highest BCUT2D eigenvalue weighted by atomic mass is 16.1. The number of amides is 1. The van der Waals surface area contributed by atoms with E-state index in [2.05, 4.69) is 10.3 Å². The molecule has 2 atom stereocenters. The van der Waals surface area contributed by atoms with E-state index in [9.17, 15) is 4.79 Å². The van der Waals surface area contributed by atoms with Crippen LogP contribution in [0.2, 0.25) is 0 Å². The first-order chi connectivity index (χ1) is 8.00. The van der Waals surface area contributed by atoms with Gasteiger partial charge in [-0.05, 0) is 30.5 Å². The Morgan fingerprint density at radius 1 is 1.35 bits per heavy atom. The number of nitrogens with zero attached hydrogens (tertiary/aromatic N) is 1. The molecule has 0 saturated carbocycles. The fourth-order valence-electron chi connectivity index (χ4n) is 1.49. The van der Waals surface area contributed by atoms with Crippen LogP contribution in [0.1, 0.15) is 38.8 Å². The molecular formula is C13H21N3O. The normalized spacial score (nSPS) is 14.4. The Labute approximate surface area is 103 Å². The van der Waals surface area contributed by atoms with Gasteiger partial charge in [0.2, 0.25) is 5.91 Å². The summed E-state index contributed by atoms with van der Waals surface area (Å²) in [4.78, 5) is 15.7. The first kappa shape index (κ1) is 13.6. The molecule has 0 aliphatic rings. The molecule has 0 spiro atoms. The van der Waals surface area contributed by atoms with Gasteiger partial charge in [-0.1, -0.05) is 13.8 Å². The van der Waals surface area contributed by atoms with Crippen LogP contribution in [0.5, 0.6) is 0 Å². The van der Waals surface area contributed by atoms with Gasteiger partial charge in [0.25, 0.3) is 0 Å². The number of hydrogen-bond acceptors (Lipinski definition) is 3. The third-order valence-corrected chi connectivity index (χ3v) is 2.86. The SMILES string of the molecule is CC(NC(=O)CC(N)C(C)C)c1ccncc1. The smallest absolute Gasteiger partial charge is 0.222 e. The number of pyridine rings is 1. The minimum Gasteiger partial charge on any atom is -0.350 e. The van der Waals surface area contributed by atoms with Crippen LogP contribution in [0.4, 0.5) is 0 Å². The number of carbonyl (C=O) groups excluding carboxylic acids is 1. The summed E-state index contributed by atoms with van der Waals surface area (Å²) in [6, 6.07) is 3.70. The minimum atomic E-state index is -0.0837. The zero-order chi connectivity index (χ0) is 12.8. The summed E-state index contributed by atoms with van der Waals surface area (Å²) >= 11 is 0. The molecule has 4 nitrogen and oxygen atoms in total. The Morgan fingerprint density at radius 3 is 2.47 bits per heavy atom. The van der Waals surface area contributed by atoms with Crippen LogP contribution in [-0.2, 0) is 4.79 Å². The molecule has 1 rings (SSSR count). The van der Waals surface area contributed by atoms with Crippen LogP contribution in [0.15, 0.2) is 24.5 Å². The van der Waals surface area contributed by atoms with E-state index in [1.165, 1.54) is 0 Å². The van der Waals surface area contributed by atoms with E-state index in [0.29, 0.717) is 12.3 Å². The maximum absolute atomic E-state index is 11.7. The lowest BCUT2D eigenvalue weighted by Gasteiger charge is -2.18. The lowest BCUT2D eigenvalue weighted by Crippen LogP contribution is -2.35. The van der Waals surface area contributed by atoms with E-state index < -0.39 is 0 Å². The number of hydrogen-bond donors (Lipinski definition) is 2. The molecule has 0 radical (unpaired) electrons. The minimum absolute atomic E-state index is 0.00416. The van der Waals surface area contributed by atoms with E-state index in [1.54, 1.807) is 12.4 Å². The molecule has 0 fully saturated rings. The molecule has 1 amide bonds. The summed E-state index contributed by atoms with van der Waals surface area (Å²) in [5.74, 6) is 0.312. The average molecular weight is 235 g/mol. The van der Waals surface area contributed by atoms with Gasteiger partial charge in [0, 0.05) is 24.9 Å². The van der Waals surface area contributed by atoms with E-state index in [1.807, 2.05) is 32.9 Å². The molecule has 0 saturated heterocycles. The van der Waals surface area contributed by atoms with Crippen molar-refractivity contribution >= 4 is 5.91 Å². The Bertz CT molecular complexity index is 351. The van der Waals surface area contributed by atoms with Gasteiger partial charge >= 0.3 is 0 Å². The van der Waals surface area contributed by atoms with E-state index in [0.717, 1.165) is 5.56 Å². The topological polar surface area (TPSA) is 68.0 Å². The van der Waals surface area contributed by atoms with Crippen LogP contribution < -0.4 is 11.1 Å². The van der Waals surface area contributed by atoms with Gasteiger partial charge < -0.3 is 11.1 Å². The standard InChI is InChI=1S/C13H21N3O/c1-9(2)12(14)8-13(17)16-10(3)11-4-6-15-7-5-11/h4-7,9-10,12H,8,14H2,1-3H3,(H,16,17). The number of nitrogens with one attached hydrogen (secondary N) is 1. The molecular weight excluding hydrogens is 214 g/mol. The maximum Gasteiger partial charge on any atom is 0.222 e. The van der Waals surface area contributed by atoms with E-state index in [-0.39, 0.29) is 18.0 Å². The first-order valence-corrected chi connectivity index (χ1v) is 5.95. The van der Waals surface area contributed by atoms with Gasteiger partial charge in [-0.15, -0.1) is 0 Å². The molecule has 0 bridgehead atoms. The van der Waals surface area contributed by atoms with Gasteiger partial charge in [0.05, 0.1) is 6.04 Å². The molecule has 0 aromatic carbocycles. The van der Waals surface area contributed by atoms with Crippen molar-refractivity contribution in [3.8, 4) is 0 Å². The molecule has 1 heterocycles. The third kappa shape index (κ3) is 4.53. The highest BCUT2D eigenvalue weighted by molar-refractivity contribution is 5.77. The van der Waals surface area contributed by atoms with E-state index >= 15 is 0 Å². The van der Waals surface area contributed by atoms with Gasteiger partial charge in [0.15, 0.2) is 0 Å². The Balaban J connectivity index is 2.47. The average Bonchev–Trinajstić information content (AvgIpc) is 2.29. The summed E-state index contributed by atoms with van der Waals surface area (Å²) in [7, 11) is 0. The fraction of sp³-hybridized carbons (Fsp3) is 0.538. The zero-order valence-electron chi connectivity index (χ0n) is 10.7. The van der Waals surface area contributed by atoms with Gasteiger partial charge in [-0.2, -0.15) is 0 Å². The van der Waals surface area contributed by atoms with Crippen molar-refractivity contribution in [3.05, 3.63) is 30.1 Å². The number of carbonyl (C=O) groups is 1. The van der Waals surface area contributed by atoms with Gasteiger partial charge in [-0.25, -0.2) is 0 Å². The summed E-state index contributed by atoms with van der Waals surface area (Å²) in [6.07, 6.45) is 3.81. The lowest BCUT2D eigenvalue weighted by molar-refractivity contribution is -0.122. The summed E-state index contributed by atoms with van der Waals surface area (Å²) in [5, 5.41) is 2.94. The van der Waals surface area contributed by atoms with E-state index in [4.69, 9.17) is 5.73 Å². The van der Waals surface area contributed by atoms with Crippen LogP contribution in [0, 0.1) is 5.92 Å². The molecule has 0 aliphatic heterocycles. The van der Waals surface area contributed by atoms with Crippen molar-refractivity contribution in [1.29, 1.82) is 0 Å². The van der Waals surface area contributed by atoms with Gasteiger partial charge in [0.1, 0.15) is 0 Å². The molecule has 1 aromatic heterocycles. The second kappa shape index (κ2) is 6.35. The highest BCUT2D eigenvalue weighted by Crippen LogP contribution is 2.11. The van der Waals surface area contributed by atoms with Crippen molar-refractivity contribution in [1.82, 2.24) is 10.3 Å². The second-order valence-electron chi connectivity index (χ2n) is 4.68. The van der Waals surface area contributed by atoms with Crippen molar-refractivity contribution in [3.63, 3.8) is 0 Å². The number of nitrogens with two attached hydrogens (primary N) is 1. The summed E-state index contributed by atoms with van der Waals surface area (Å²) in [6.45, 7) is 5.99. The van der Waals surface area contributed by atoms with Crippen LogP contribution in [0.3, 0.4) is 0 Å². The predicted molar refractivity (Wildman–Crippen MR) is 68.2 cm³/mol. The van der Waals surface area contributed by atoms with Crippen molar-refractivity contribution in [2.75, 3.05) is 0 Å². The zero-order valence-corrected chi connectivity index (χ0v) is 10.7. The predicted octanol–water partition coefficient (Wildman–Crippen LogP) is 1.63. The van der Waals surface area contributed by atoms with Crippen molar-refractivity contribution < 1.29 is 4.79 Å². The lowest BCUT2D eigenvalue weighted by atomic mass is 10.0. The Morgan fingerprint density at radius 2 is 1.94 bits per heavy atom. The van der Waals surface area contributed by atoms with Crippen molar-refractivity contribution in [2.24, 2.45) is 11.7 Å². The molecule has 3 N–H and O–H groups in total. The number of aromatic nitrogens is 1. The molecule has 0 aliphatic carbocycles. The maximum atomic E-state index is 11.7. The quantitative estimate of drug-likeness (QED) is 0.815. The highest BCUT2D eigenvalue weighted by Gasteiger charge is 2.15. The molecule has 94 valence electrons. The first-order valence-electron chi connectivity index (χ1n) is 5.95. The van der Waals surface area contributed by atoms with Crippen molar-refractivity contribution in [2.45, 2.75) is 39.3 Å². The second-order valence-corrected chi connectivity index (χ2v) is 4.68. The summed E-state index contributed by atoms with van der Waals surface area (Å²) in [5.41, 5.74) is 6.91. The summed E-state index contributed by atoms with van der Waals surface area (Å²) < 4.78 is 0. The fourth-order valence-corrected chi connectivity index (χ4v) is 1.49. The largest absolute Gasteiger partial charge is 0.350 e. The van der Waals surface area contributed by atoms with Gasteiger partial charge in [-0.3, -0.25) is 9.78 Å². The van der Waals surface area contributed by atoms with Crippen LogP contribution >= 0.6 is 0 Å². The monoisotopic (exact) mass is 235 g/mol.